The van der Waals surface area contributed by atoms with Gasteiger partial charge in [0, 0.05) is 53.9 Å². The fourth-order valence-corrected chi connectivity index (χ4v) is 4.58. The van der Waals surface area contributed by atoms with Crippen LogP contribution in [0.25, 0.3) is 10.9 Å². The number of fused-ring (bicyclic) bond motifs is 1. The van der Waals surface area contributed by atoms with Crippen molar-refractivity contribution >= 4 is 28.4 Å². The quantitative estimate of drug-likeness (QED) is 0.248. The molecule has 0 aliphatic heterocycles. The minimum Gasteiger partial charge on any atom is -0.361 e. The molecular weight excluding hydrogens is 468 g/mol. The molecule has 1 aliphatic rings. The topological polar surface area (TPSA) is 99.5 Å². The maximum absolute atomic E-state index is 13.6. The maximum Gasteiger partial charge on any atom is 0.269 e. The average Bonchev–Trinajstić information content (AvgIpc) is 3.69. The number of aromatic nitrogens is 1. The van der Waals surface area contributed by atoms with Crippen molar-refractivity contribution in [3.63, 3.8) is 0 Å². The number of nitro benzene ring substituents is 1. The monoisotopic (exact) mass is 496 g/mol. The largest absolute Gasteiger partial charge is 0.361 e. The van der Waals surface area contributed by atoms with Crippen molar-refractivity contribution < 1.29 is 14.5 Å². The summed E-state index contributed by atoms with van der Waals surface area (Å²) in [6.07, 6.45) is 4.37. The summed E-state index contributed by atoms with van der Waals surface area (Å²) in [4.78, 5) is 44.1. The Balaban J connectivity index is 1.33. The smallest absolute Gasteiger partial charge is 0.269 e. The highest BCUT2D eigenvalue weighted by Gasteiger charge is 2.35. The molecule has 0 saturated heterocycles. The lowest BCUT2D eigenvalue weighted by Gasteiger charge is -2.28. The van der Waals surface area contributed by atoms with Crippen molar-refractivity contribution in [1.29, 1.82) is 0 Å². The predicted molar refractivity (Wildman–Crippen MR) is 141 cm³/mol. The number of carbonyl (C=O) groups excluding carboxylic acids is 2. The zero-order chi connectivity index (χ0) is 25.8. The summed E-state index contributed by atoms with van der Waals surface area (Å²) in [5, 5.41) is 12.1. The van der Waals surface area contributed by atoms with Crippen molar-refractivity contribution in [1.82, 2.24) is 14.8 Å². The Kier molecular flexibility index (Phi) is 6.98. The van der Waals surface area contributed by atoms with Crippen LogP contribution in [-0.2, 0) is 17.8 Å². The van der Waals surface area contributed by atoms with E-state index in [1.807, 2.05) is 59.6 Å². The normalized spacial score (nSPS) is 12.9. The van der Waals surface area contributed by atoms with Crippen LogP contribution in [-0.4, -0.2) is 50.7 Å². The summed E-state index contributed by atoms with van der Waals surface area (Å²) in [7, 11) is 0. The van der Waals surface area contributed by atoms with E-state index in [1.165, 1.54) is 24.3 Å². The van der Waals surface area contributed by atoms with E-state index in [1.54, 1.807) is 4.90 Å². The number of amides is 2. The third-order valence-electron chi connectivity index (χ3n) is 6.77. The Hall–Kier alpha value is -4.46. The average molecular weight is 497 g/mol. The lowest BCUT2D eigenvalue weighted by Crippen LogP contribution is -2.44. The van der Waals surface area contributed by atoms with Gasteiger partial charge < -0.3 is 14.8 Å². The molecular formula is C29H28N4O4. The number of benzene rings is 3. The fraction of sp³-hybridized carbons (Fsp3) is 0.241. The molecule has 8 nitrogen and oxygen atoms in total. The molecule has 2 amide bonds. The van der Waals surface area contributed by atoms with Gasteiger partial charge in [0.15, 0.2) is 0 Å². The number of nitrogens with zero attached hydrogens (tertiary/aromatic N) is 3. The Bertz CT molecular complexity index is 1410. The van der Waals surface area contributed by atoms with Crippen LogP contribution in [0.5, 0.6) is 0 Å². The summed E-state index contributed by atoms with van der Waals surface area (Å²) in [5.74, 6) is -0.395. The van der Waals surface area contributed by atoms with Gasteiger partial charge in [0.2, 0.25) is 5.91 Å². The van der Waals surface area contributed by atoms with E-state index in [-0.39, 0.29) is 30.1 Å². The minimum atomic E-state index is -0.494. The highest BCUT2D eigenvalue weighted by molar-refractivity contribution is 5.97. The van der Waals surface area contributed by atoms with Crippen LogP contribution in [0, 0.1) is 10.1 Å². The first-order chi connectivity index (χ1) is 18.0. The molecule has 4 aromatic rings. The third kappa shape index (κ3) is 5.69. The van der Waals surface area contributed by atoms with E-state index >= 15 is 0 Å². The van der Waals surface area contributed by atoms with Crippen molar-refractivity contribution in [2.45, 2.75) is 31.8 Å². The molecule has 1 aliphatic carbocycles. The number of hydrogen-bond donors (Lipinski definition) is 1. The van der Waals surface area contributed by atoms with Crippen molar-refractivity contribution in [2.75, 3.05) is 13.1 Å². The van der Waals surface area contributed by atoms with Gasteiger partial charge in [-0.05, 0) is 48.6 Å². The van der Waals surface area contributed by atoms with Crippen molar-refractivity contribution in [3.05, 3.63) is 112 Å². The molecule has 0 atom stereocenters. The van der Waals surface area contributed by atoms with Crippen LogP contribution in [0.2, 0.25) is 0 Å². The second kappa shape index (κ2) is 10.7. The van der Waals surface area contributed by atoms with Gasteiger partial charge in [-0.3, -0.25) is 19.7 Å². The van der Waals surface area contributed by atoms with Crippen LogP contribution >= 0.6 is 0 Å². The number of nitrogens with one attached hydrogen (secondary N) is 1. The lowest BCUT2D eigenvalue weighted by atomic mass is 10.1. The molecule has 1 heterocycles. The first-order valence-corrected chi connectivity index (χ1v) is 12.4. The molecule has 1 aromatic heterocycles. The van der Waals surface area contributed by atoms with Crippen LogP contribution in [0.3, 0.4) is 0 Å². The molecule has 188 valence electrons. The number of non-ortho nitro benzene ring substituents is 1. The SMILES string of the molecule is O=C(CN(C(=O)c1ccc([N+](=O)[O-])cc1)C1CC1)N(CCc1c[nH]c2ccccc12)Cc1ccccc1. The molecule has 37 heavy (non-hydrogen) atoms. The lowest BCUT2D eigenvalue weighted by molar-refractivity contribution is -0.384. The summed E-state index contributed by atoms with van der Waals surface area (Å²) >= 11 is 0. The van der Waals surface area contributed by atoms with Crippen LogP contribution in [0.4, 0.5) is 5.69 Å². The summed E-state index contributed by atoms with van der Waals surface area (Å²) in [6, 6.07) is 23.5. The first kappa shape index (κ1) is 24.2. The highest BCUT2D eigenvalue weighted by Crippen LogP contribution is 2.29. The van der Waals surface area contributed by atoms with Crippen LogP contribution in [0.1, 0.15) is 34.3 Å². The summed E-state index contributed by atoms with van der Waals surface area (Å²) in [5.41, 5.74) is 3.50. The van der Waals surface area contributed by atoms with Gasteiger partial charge in [-0.15, -0.1) is 0 Å². The van der Waals surface area contributed by atoms with Crippen LogP contribution in [0.15, 0.2) is 85.1 Å². The highest BCUT2D eigenvalue weighted by atomic mass is 16.6. The van der Waals surface area contributed by atoms with Gasteiger partial charge in [-0.25, -0.2) is 0 Å². The Morgan fingerprint density at radius 3 is 2.35 bits per heavy atom. The number of H-pyrrole nitrogens is 1. The molecule has 0 spiro atoms. The van der Waals surface area contributed by atoms with E-state index in [0.717, 1.165) is 34.9 Å². The van der Waals surface area contributed by atoms with Crippen molar-refractivity contribution in [3.8, 4) is 0 Å². The van der Waals surface area contributed by atoms with Gasteiger partial charge in [0.25, 0.3) is 11.6 Å². The number of hydrogen-bond acceptors (Lipinski definition) is 4. The van der Waals surface area contributed by atoms with Crippen LogP contribution < -0.4 is 0 Å². The fourth-order valence-electron chi connectivity index (χ4n) is 4.58. The van der Waals surface area contributed by atoms with Gasteiger partial charge in [-0.2, -0.15) is 0 Å². The molecule has 0 unspecified atom stereocenters. The Morgan fingerprint density at radius 1 is 0.946 bits per heavy atom. The molecule has 0 radical (unpaired) electrons. The van der Waals surface area contributed by atoms with Gasteiger partial charge >= 0.3 is 0 Å². The minimum absolute atomic E-state index is 0.0128. The number of para-hydroxylation sites is 1. The number of nitro groups is 1. The summed E-state index contributed by atoms with van der Waals surface area (Å²) in [6.45, 7) is 0.938. The van der Waals surface area contributed by atoms with Gasteiger partial charge in [0.1, 0.15) is 6.54 Å². The van der Waals surface area contributed by atoms with E-state index in [4.69, 9.17) is 0 Å². The van der Waals surface area contributed by atoms with Gasteiger partial charge in [0.05, 0.1) is 4.92 Å². The van der Waals surface area contributed by atoms with E-state index in [2.05, 4.69) is 11.1 Å². The molecule has 1 saturated carbocycles. The molecule has 8 heteroatoms. The standard InChI is InChI=1S/C29H28N4O4/c34-28(20-32(24-14-15-24)29(35)22-10-12-25(13-11-22)33(36)37)31(19-21-6-2-1-3-7-21)17-16-23-18-30-27-9-5-4-8-26(23)27/h1-13,18,24,30H,14-17,19-20H2. The second-order valence-electron chi connectivity index (χ2n) is 9.38. The zero-order valence-electron chi connectivity index (χ0n) is 20.4. The van der Waals surface area contributed by atoms with E-state index in [0.29, 0.717) is 25.1 Å². The van der Waals surface area contributed by atoms with Gasteiger partial charge in [-0.1, -0.05) is 48.5 Å². The molecule has 5 rings (SSSR count). The Morgan fingerprint density at radius 2 is 1.65 bits per heavy atom. The number of carbonyl (C=O) groups is 2. The summed E-state index contributed by atoms with van der Waals surface area (Å²) < 4.78 is 0. The molecule has 3 aromatic carbocycles. The second-order valence-corrected chi connectivity index (χ2v) is 9.38. The van der Waals surface area contributed by atoms with E-state index in [9.17, 15) is 19.7 Å². The first-order valence-electron chi connectivity index (χ1n) is 12.4. The van der Waals surface area contributed by atoms with Crippen molar-refractivity contribution in [2.24, 2.45) is 0 Å². The number of rotatable bonds is 10. The predicted octanol–water partition coefficient (Wildman–Crippen LogP) is 4.95. The Labute approximate surface area is 214 Å². The molecule has 0 bridgehead atoms. The third-order valence-corrected chi connectivity index (χ3v) is 6.77. The molecule has 1 fully saturated rings. The number of aromatic amines is 1. The van der Waals surface area contributed by atoms with E-state index < -0.39 is 4.92 Å². The maximum atomic E-state index is 13.6. The molecule has 1 N–H and O–H groups in total. The zero-order valence-corrected chi connectivity index (χ0v) is 20.4.